The molecule has 2 rings (SSSR count). The molecule has 1 aliphatic rings. The molecular formula is C10H15F3N6O. The van der Waals surface area contributed by atoms with Gasteiger partial charge >= 0.3 is 6.18 Å². The zero-order chi connectivity index (χ0) is 14.8. The quantitative estimate of drug-likeness (QED) is 0.845. The summed E-state index contributed by atoms with van der Waals surface area (Å²) in [6, 6.07) is -0.423. The third kappa shape index (κ3) is 3.65. The van der Waals surface area contributed by atoms with E-state index in [2.05, 4.69) is 20.8 Å². The van der Waals surface area contributed by atoms with Gasteiger partial charge in [-0.25, -0.2) is 4.68 Å². The van der Waals surface area contributed by atoms with Crippen LogP contribution in [0.15, 0.2) is 0 Å². The highest BCUT2D eigenvalue weighted by Crippen LogP contribution is 2.18. The molecule has 0 bridgehead atoms. The zero-order valence-corrected chi connectivity index (χ0v) is 10.9. The van der Waals surface area contributed by atoms with Gasteiger partial charge in [-0.05, 0) is 23.8 Å². The number of carbonyl (C=O) groups excluding carboxylic acids is 1. The fourth-order valence-corrected chi connectivity index (χ4v) is 2.03. The monoisotopic (exact) mass is 292 g/mol. The van der Waals surface area contributed by atoms with Gasteiger partial charge in [-0.15, -0.1) is 5.10 Å². The van der Waals surface area contributed by atoms with Crippen LogP contribution in [0.3, 0.4) is 0 Å². The number of halogens is 3. The van der Waals surface area contributed by atoms with Crippen LogP contribution in [0.4, 0.5) is 13.2 Å². The summed E-state index contributed by atoms with van der Waals surface area (Å²) in [6.07, 6.45) is -3.65. The summed E-state index contributed by atoms with van der Waals surface area (Å²) in [4.78, 5) is 13.4. The number of amides is 1. The summed E-state index contributed by atoms with van der Waals surface area (Å²) in [7, 11) is 0. The van der Waals surface area contributed by atoms with Crippen molar-refractivity contribution in [1.29, 1.82) is 0 Å². The Hall–Kier alpha value is -1.71. The first-order valence-electron chi connectivity index (χ1n) is 6.20. The Morgan fingerprint density at radius 1 is 1.45 bits per heavy atom. The second kappa shape index (κ2) is 5.73. The van der Waals surface area contributed by atoms with Crippen LogP contribution in [-0.4, -0.2) is 56.3 Å². The van der Waals surface area contributed by atoms with Gasteiger partial charge in [0.25, 0.3) is 0 Å². The van der Waals surface area contributed by atoms with Crippen LogP contribution in [0.25, 0.3) is 0 Å². The number of hydrogen-bond donors (Lipinski definition) is 1. The van der Waals surface area contributed by atoms with Crippen molar-refractivity contribution in [1.82, 2.24) is 30.4 Å². The van der Waals surface area contributed by atoms with Crippen LogP contribution in [-0.2, 0) is 17.9 Å². The first-order chi connectivity index (χ1) is 9.37. The number of hydrogen-bond acceptors (Lipinski definition) is 5. The highest BCUT2D eigenvalue weighted by atomic mass is 19.4. The van der Waals surface area contributed by atoms with E-state index in [0.717, 1.165) is 11.1 Å². The van der Waals surface area contributed by atoms with Crippen LogP contribution < -0.4 is 5.32 Å². The van der Waals surface area contributed by atoms with E-state index in [1.54, 1.807) is 11.8 Å². The van der Waals surface area contributed by atoms with Crippen LogP contribution in [0.2, 0.25) is 0 Å². The number of alkyl halides is 3. The maximum atomic E-state index is 12.4. The minimum Gasteiger partial charge on any atom is -0.355 e. The predicted octanol–water partition coefficient (Wildman–Crippen LogP) is -0.0542. The molecule has 1 amide bonds. The van der Waals surface area contributed by atoms with E-state index in [4.69, 9.17) is 0 Å². The van der Waals surface area contributed by atoms with Gasteiger partial charge in [0.2, 0.25) is 5.91 Å². The predicted molar refractivity (Wildman–Crippen MR) is 61.4 cm³/mol. The molecule has 10 heteroatoms. The average molecular weight is 292 g/mol. The van der Waals surface area contributed by atoms with Gasteiger partial charge in [0.05, 0.1) is 12.6 Å². The van der Waals surface area contributed by atoms with Crippen molar-refractivity contribution in [2.75, 3.05) is 13.1 Å². The molecule has 1 aliphatic heterocycles. The Bertz CT molecular complexity index is 474. The molecule has 0 unspecified atom stereocenters. The largest absolute Gasteiger partial charge is 0.408 e. The first kappa shape index (κ1) is 14.7. The topological polar surface area (TPSA) is 75.9 Å². The number of nitrogens with one attached hydrogen (secondary N) is 1. The Morgan fingerprint density at radius 3 is 2.90 bits per heavy atom. The SMILES string of the molecule is C[C@H]1C(=O)NCCCN1Cc1nnnn1CC(F)(F)F. The van der Waals surface area contributed by atoms with Crippen molar-refractivity contribution in [2.45, 2.75) is 38.7 Å². The van der Waals surface area contributed by atoms with Gasteiger partial charge in [0.1, 0.15) is 6.54 Å². The van der Waals surface area contributed by atoms with Crippen molar-refractivity contribution in [3.8, 4) is 0 Å². The lowest BCUT2D eigenvalue weighted by Crippen LogP contribution is -2.42. The summed E-state index contributed by atoms with van der Waals surface area (Å²) in [5.74, 6) is -0.0405. The second-order valence-corrected chi connectivity index (χ2v) is 4.66. The summed E-state index contributed by atoms with van der Waals surface area (Å²) in [6.45, 7) is 1.74. The van der Waals surface area contributed by atoms with Crippen LogP contribution in [0, 0.1) is 0 Å². The number of carbonyl (C=O) groups is 1. The third-order valence-electron chi connectivity index (χ3n) is 3.13. The molecule has 0 spiro atoms. The van der Waals surface area contributed by atoms with Crippen LogP contribution >= 0.6 is 0 Å². The lowest BCUT2D eigenvalue weighted by atomic mass is 10.2. The summed E-state index contributed by atoms with van der Waals surface area (Å²) < 4.78 is 37.9. The fourth-order valence-electron chi connectivity index (χ4n) is 2.03. The van der Waals surface area contributed by atoms with Gasteiger partial charge in [-0.3, -0.25) is 9.69 Å². The summed E-state index contributed by atoms with van der Waals surface area (Å²) in [5.41, 5.74) is 0. The van der Waals surface area contributed by atoms with Crippen molar-refractivity contribution in [3.05, 3.63) is 5.82 Å². The van der Waals surface area contributed by atoms with E-state index in [1.165, 1.54) is 0 Å². The van der Waals surface area contributed by atoms with E-state index in [1.807, 2.05) is 0 Å². The van der Waals surface area contributed by atoms with E-state index in [9.17, 15) is 18.0 Å². The third-order valence-corrected chi connectivity index (χ3v) is 3.13. The Kier molecular flexibility index (Phi) is 4.21. The number of tetrazole rings is 1. The molecule has 2 heterocycles. The minimum atomic E-state index is -4.38. The second-order valence-electron chi connectivity index (χ2n) is 4.66. The molecule has 1 N–H and O–H groups in total. The van der Waals surface area contributed by atoms with Gasteiger partial charge < -0.3 is 5.32 Å². The molecular weight excluding hydrogens is 277 g/mol. The normalized spacial score (nSPS) is 21.6. The zero-order valence-electron chi connectivity index (χ0n) is 10.9. The number of nitrogens with zero attached hydrogens (tertiary/aromatic N) is 5. The molecule has 0 radical (unpaired) electrons. The number of aromatic nitrogens is 4. The molecule has 1 aromatic rings. The minimum absolute atomic E-state index is 0.101. The molecule has 0 saturated carbocycles. The van der Waals surface area contributed by atoms with Crippen LogP contribution in [0.5, 0.6) is 0 Å². The van der Waals surface area contributed by atoms with Gasteiger partial charge in [0, 0.05) is 13.1 Å². The van der Waals surface area contributed by atoms with E-state index < -0.39 is 18.8 Å². The van der Waals surface area contributed by atoms with Gasteiger partial charge in [-0.2, -0.15) is 13.2 Å². The van der Waals surface area contributed by atoms with Crippen molar-refractivity contribution < 1.29 is 18.0 Å². The highest BCUT2D eigenvalue weighted by molar-refractivity contribution is 5.81. The lowest BCUT2D eigenvalue weighted by molar-refractivity contribution is -0.143. The molecule has 7 nitrogen and oxygen atoms in total. The van der Waals surface area contributed by atoms with Crippen LogP contribution in [0.1, 0.15) is 19.2 Å². The molecule has 112 valence electrons. The smallest absolute Gasteiger partial charge is 0.355 e. The standard InChI is InChI=1S/C10H15F3N6O/c1-7-9(20)14-3-2-4-18(7)5-8-15-16-17-19(8)6-10(11,12)13/h7H,2-6H2,1H3,(H,14,20)/t7-/m0/s1. The summed E-state index contributed by atoms with van der Waals surface area (Å²) >= 11 is 0. The maximum Gasteiger partial charge on any atom is 0.408 e. The fraction of sp³-hybridized carbons (Fsp3) is 0.800. The maximum absolute atomic E-state index is 12.4. The first-order valence-corrected chi connectivity index (χ1v) is 6.20. The Morgan fingerprint density at radius 2 is 2.20 bits per heavy atom. The van der Waals surface area contributed by atoms with Crippen molar-refractivity contribution >= 4 is 5.91 Å². The average Bonchev–Trinajstić information content (AvgIpc) is 2.69. The van der Waals surface area contributed by atoms with E-state index in [-0.39, 0.29) is 18.3 Å². The van der Waals surface area contributed by atoms with Gasteiger partial charge in [0.15, 0.2) is 5.82 Å². The Balaban J connectivity index is 2.09. The highest BCUT2D eigenvalue weighted by Gasteiger charge is 2.31. The molecule has 1 aromatic heterocycles. The molecule has 1 fully saturated rings. The summed E-state index contributed by atoms with van der Waals surface area (Å²) in [5, 5.41) is 13.0. The van der Waals surface area contributed by atoms with Crippen molar-refractivity contribution in [2.24, 2.45) is 0 Å². The molecule has 0 aliphatic carbocycles. The molecule has 1 atom stereocenters. The number of rotatable bonds is 3. The molecule has 0 aromatic carbocycles. The van der Waals surface area contributed by atoms with Crippen molar-refractivity contribution in [3.63, 3.8) is 0 Å². The van der Waals surface area contributed by atoms with E-state index >= 15 is 0 Å². The van der Waals surface area contributed by atoms with E-state index in [0.29, 0.717) is 13.1 Å². The lowest BCUT2D eigenvalue weighted by Gasteiger charge is -2.24. The Labute approximate surface area is 113 Å². The molecule has 20 heavy (non-hydrogen) atoms. The van der Waals surface area contributed by atoms with Gasteiger partial charge in [-0.1, -0.05) is 0 Å². The molecule has 1 saturated heterocycles.